The van der Waals surface area contributed by atoms with E-state index in [1.807, 2.05) is 42.5 Å². The summed E-state index contributed by atoms with van der Waals surface area (Å²) in [6.07, 6.45) is 0. The van der Waals surface area contributed by atoms with Crippen molar-refractivity contribution in [2.75, 3.05) is 18.2 Å². The van der Waals surface area contributed by atoms with Crippen LogP contribution in [-0.2, 0) is 0 Å². The van der Waals surface area contributed by atoms with Gasteiger partial charge in [0.15, 0.2) is 0 Å². The van der Waals surface area contributed by atoms with Crippen molar-refractivity contribution < 1.29 is 4.74 Å². The fourth-order valence-electron chi connectivity index (χ4n) is 2.08. The van der Waals surface area contributed by atoms with Crippen molar-refractivity contribution in [1.82, 2.24) is 9.97 Å². The molecule has 0 saturated heterocycles. The Kier molecular flexibility index (Phi) is 3.62. The number of aromatic nitrogens is 2. The van der Waals surface area contributed by atoms with Crippen LogP contribution >= 0.6 is 15.9 Å². The molecule has 0 aliphatic carbocycles. The Bertz CT molecular complexity index is 807. The third-order valence-electron chi connectivity index (χ3n) is 2.99. The minimum Gasteiger partial charge on any atom is -0.497 e. The number of nitrogens with two attached hydrogens (primary N) is 1. The molecule has 0 saturated carbocycles. The highest BCUT2D eigenvalue weighted by Gasteiger charge is 2.07. The van der Waals surface area contributed by atoms with Gasteiger partial charge in [0.05, 0.1) is 12.6 Å². The van der Waals surface area contributed by atoms with Crippen molar-refractivity contribution in [2.45, 2.75) is 0 Å². The molecule has 3 aromatic rings. The van der Waals surface area contributed by atoms with Gasteiger partial charge < -0.3 is 15.8 Å². The van der Waals surface area contributed by atoms with Crippen LogP contribution in [0.15, 0.2) is 46.9 Å². The van der Waals surface area contributed by atoms with Crippen molar-refractivity contribution in [1.29, 1.82) is 0 Å². The van der Waals surface area contributed by atoms with E-state index < -0.39 is 0 Å². The minimum atomic E-state index is 0.234. The monoisotopic (exact) mass is 344 g/mol. The van der Waals surface area contributed by atoms with Gasteiger partial charge in [-0.3, -0.25) is 0 Å². The van der Waals surface area contributed by atoms with Gasteiger partial charge in [-0.15, -0.1) is 0 Å². The van der Waals surface area contributed by atoms with Crippen molar-refractivity contribution in [3.05, 3.63) is 46.9 Å². The first-order valence-corrected chi connectivity index (χ1v) is 7.09. The highest BCUT2D eigenvalue weighted by atomic mass is 79.9. The predicted octanol–water partition coefficient (Wildman–Crippen LogP) is 3.73. The van der Waals surface area contributed by atoms with Gasteiger partial charge in [-0.1, -0.05) is 28.1 Å². The van der Waals surface area contributed by atoms with Crippen molar-refractivity contribution in [3.8, 4) is 5.75 Å². The second-order valence-electron chi connectivity index (χ2n) is 4.45. The molecule has 1 aromatic heterocycles. The molecule has 0 bridgehead atoms. The molecule has 3 rings (SSSR count). The van der Waals surface area contributed by atoms with Gasteiger partial charge in [-0.25, -0.2) is 4.98 Å². The summed E-state index contributed by atoms with van der Waals surface area (Å²) in [4.78, 5) is 8.50. The van der Waals surface area contributed by atoms with E-state index in [0.29, 0.717) is 5.82 Å². The fourth-order valence-corrected chi connectivity index (χ4v) is 2.55. The van der Waals surface area contributed by atoms with Crippen LogP contribution in [0.3, 0.4) is 0 Å². The van der Waals surface area contributed by atoms with Crippen LogP contribution in [-0.4, -0.2) is 17.1 Å². The SMILES string of the molecule is COc1cc(Br)cc(Nc2nc(N)nc3ccccc23)c1. The maximum Gasteiger partial charge on any atom is 0.222 e. The average Bonchev–Trinajstić information content (AvgIpc) is 2.46. The molecule has 0 radical (unpaired) electrons. The van der Waals surface area contributed by atoms with Crippen molar-refractivity contribution >= 4 is 44.3 Å². The topological polar surface area (TPSA) is 73.1 Å². The Balaban J connectivity index is 2.07. The van der Waals surface area contributed by atoms with E-state index in [9.17, 15) is 0 Å². The van der Waals surface area contributed by atoms with Crippen LogP contribution < -0.4 is 15.8 Å². The van der Waals surface area contributed by atoms with Gasteiger partial charge in [0, 0.05) is 21.6 Å². The van der Waals surface area contributed by atoms with Crippen molar-refractivity contribution in [2.24, 2.45) is 0 Å². The molecule has 5 nitrogen and oxygen atoms in total. The third-order valence-corrected chi connectivity index (χ3v) is 3.45. The number of halogens is 1. The smallest absolute Gasteiger partial charge is 0.222 e. The lowest BCUT2D eigenvalue weighted by atomic mass is 10.2. The number of nitrogen functional groups attached to an aromatic ring is 1. The summed E-state index contributed by atoms with van der Waals surface area (Å²) < 4.78 is 6.17. The van der Waals surface area contributed by atoms with Crippen LogP contribution in [0.5, 0.6) is 5.75 Å². The highest BCUT2D eigenvalue weighted by molar-refractivity contribution is 9.10. The number of nitrogens with zero attached hydrogens (tertiary/aromatic N) is 2. The molecule has 1 heterocycles. The summed E-state index contributed by atoms with van der Waals surface area (Å²) in [7, 11) is 1.63. The second-order valence-corrected chi connectivity index (χ2v) is 5.37. The Morgan fingerprint density at radius 3 is 2.76 bits per heavy atom. The summed E-state index contributed by atoms with van der Waals surface area (Å²) in [6, 6.07) is 13.4. The second kappa shape index (κ2) is 5.57. The van der Waals surface area contributed by atoms with Crippen LogP contribution in [0.4, 0.5) is 17.5 Å². The van der Waals surface area contributed by atoms with E-state index >= 15 is 0 Å². The lowest BCUT2D eigenvalue weighted by Gasteiger charge is -2.11. The van der Waals surface area contributed by atoms with Crippen LogP contribution in [0, 0.1) is 0 Å². The van der Waals surface area contributed by atoms with Crippen LogP contribution in [0.2, 0.25) is 0 Å². The number of rotatable bonds is 3. The van der Waals surface area contributed by atoms with E-state index in [0.717, 1.165) is 26.8 Å². The van der Waals surface area contributed by atoms with E-state index in [4.69, 9.17) is 10.5 Å². The number of hydrogen-bond acceptors (Lipinski definition) is 5. The Morgan fingerprint density at radius 1 is 1.14 bits per heavy atom. The zero-order valence-corrected chi connectivity index (χ0v) is 12.9. The van der Waals surface area contributed by atoms with Gasteiger partial charge in [-0.2, -0.15) is 4.98 Å². The van der Waals surface area contributed by atoms with Gasteiger partial charge in [0.2, 0.25) is 5.95 Å². The molecule has 0 atom stereocenters. The number of ether oxygens (including phenoxy) is 1. The van der Waals surface area contributed by atoms with Crippen molar-refractivity contribution in [3.63, 3.8) is 0 Å². The molecule has 3 N–H and O–H groups in total. The predicted molar refractivity (Wildman–Crippen MR) is 87.9 cm³/mol. The van der Waals surface area contributed by atoms with Crippen LogP contribution in [0.25, 0.3) is 10.9 Å². The number of para-hydroxylation sites is 1. The maximum atomic E-state index is 5.77. The molecule has 6 heteroatoms. The molecule has 0 unspecified atom stereocenters. The van der Waals surface area contributed by atoms with E-state index in [-0.39, 0.29) is 5.95 Å². The normalized spacial score (nSPS) is 10.6. The molecule has 0 aliphatic rings. The standard InChI is InChI=1S/C15H13BrN4O/c1-21-11-7-9(16)6-10(8-11)18-14-12-4-2-3-5-13(12)19-15(17)20-14/h2-8H,1H3,(H3,17,18,19,20). The number of anilines is 3. The number of nitrogens with one attached hydrogen (secondary N) is 1. The summed E-state index contributed by atoms with van der Waals surface area (Å²) >= 11 is 3.45. The summed E-state index contributed by atoms with van der Waals surface area (Å²) in [5.41, 5.74) is 7.42. The Labute approximate surface area is 130 Å². The Morgan fingerprint density at radius 2 is 1.95 bits per heavy atom. The first-order valence-electron chi connectivity index (χ1n) is 6.29. The lowest BCUT2D eigenvalue weighted by Crippen LogP contribution is -2.01. The lowest BCUT2D eigenvalue weighted by molar-refractivity contribution is 0.415. The number of methoxy groups -OCH3 is 1. The van der Waals surface area contributed by atoms with Gasteiger partial charge in [0.1, 0.15) is 11.6 Å². The molecule has 0 fully saturated rings. The molecular formula is C15H13BrN4O. The quantitative estimate of drug-likeness (QED) is 0.757. The van der Waals surface area contributed by atoms with Gasteiger partial charge in [0.25, 0.3) is 0 Å². The average molecular weight is 345 g/mol. The summed E-state index contributed by atoms with van der Waals surface area (Å²) in [5.74, 6) is 1.65. The number of benzene rings is 2. The number of hydrogen-bond donors (Lipinski definition) is 2. The molecule has 106 valence electrons. The molecule has 2 aromatic carbocycles. The van der Waals surface area contributed by atoms with E-state index in [2.05, 4.69) is 31.2 Å². The number of fused-ring (bicyclic) bond motifs is 1. The maximum absolute atomic E-state index is 5.77. The fraction of sp³-hybridized carbons (Fsp3) is 0.0667. The first kappa shape index (κ1) is 13.6. The van der Waals surface area contributed by atoms with E-state index in [1.54, 1.807) is 7.11 Å². The molecular weight excluding hydrogens is 332 g/mol. The Hall–Kier alpha value is -2.34. The largest absolute Gasteiger partial charge is 0.497 e. The third kappa shape index (κ3) is 2.90. The van der Waals surface area contributed by atoms with Gasteiger partial charge >= 0.3 is 0 Å². The van der Waals surface area contributed by atoms with Gasteiger partial charge in [-0.05, 0) is 24.3 Å². The molecule has 21 heavy (non-hydrogen) atoms. The molecule has 0 spiro atoms. The molecule has 0 amide bonds. The highest BCUT2D eigenvalue weighted by Crippen LogP contribution is 2.29. The minimum absolute atomic E-state index is 0.234. The zero-order valence-electron chi connectivity index (χ0n) is 11.3. The first-order chi connectivity index (χ1) is 10.2. The zero-order chi connectivity index (χ0) is 14.8. The summed E-state index contributed by atoms with van der Waals surface area (Å²) in [6.45, 7) is 0. The van der Waals surface area contributed by atoms with Crippen LogP contribution in [0.1, 0.15) is 0 Å². The summed E-state index contributed by atoms with van der Waals surface area (Å²) in [5, 5.41) is 4.17. The molecule has 0 aliphatic heterocycles. The van der Waals surface area contributed by atoms with E-state index in [1.165, 1.54) is 0 Å².